The van der Waals surface area contributed by atoms with Crippen LogP contribution in [0.15, 0.2) is 60.3 Å². The quantitative estimate of drug-likeness (QED) is 0.265. The van der Waals surface area contributed by atoms with Gasteiger partial charge < -0.3 is 4.74 Å². The highest BCUT2D eigenvalue weighted by Gasteiger charge is 2.20. The third-order valence-corrected chi connectivity index (χ3v) is 4.81. The predicted molar refractivity (Wildman–Crippen MR) is 87.8 cm³/mol. The molecule has 4 heteroatoms. The van der Waals surface area contributed by atoms with Crippen molar-refractivity contribution in [2.45, 2.75) is 13.1 Å². The highest BCUT2D eigenvalue weighted by Crippen LogP contribution is 2.07. The van der Waals surface area contributed by atoms with Crippen molar-refractivity contribution in [3.05, 3.63) is 65.9 Å². The molecular weight excluding hydrogens is 278 g/mol. The minimum Gasteiger partial charge on any atom is -0.465 e. The van der Waals surface area contributed by atoms with E-state index in [4.69, 9.17) is 10.00 Å². The summed E-state index contributed by atoms with van der Waals surface area (Å²) in [6.45, 7) is 7.82. The summed E-state index contributed by atoms with van der Waals surface area (Å²) < 4.78 is 5.18. The number of esters is 1. The zero-order valence-electron chi connectivity index (χ0n) is 12.4. The minimum absolute atomic E-state index is 0.00366. The van der Waals surface area contributed by atoms with Gasteiger partial charge in [-0.15, -0.1) is 6.58 Å². The van der Waals surface area contributed by atoms with Gasteiger partial charge in [-0.25, -0.2) is 4.79 Å². The zero-order chi connectivity index (χ0) is 15.7. The highest BCUT2D eigenvalue weighted by atomic mass is 28.3. The summed E-state index contributed by atoms with van der Waals surface area (Å²) in [7, 11) is -1.72. The Bertz CT molecular complexity index is 595. The van der Waals surface area contributed by atoms with Crippen molar-refractivity contribution >= 4 is 20.1 Å². The topological polar surface area (TPSA) is 50.1 Å². The first-order valence-electron chi connectivity index (χ1n) is 6.63. The molecule has 0 saturated heterocycles. The second-order valence-electron chi connectivity index (χ2n) is 5.23. The molecule has 0 spiro atoms. The molecular formula is C17H19NO2Si. The van der Waals surface area contributed by atoms with Crippen molar-refractivity contribution in [3.63, 3.8) is 0 Å². The summed E-state index contributed by atoms with van der Waals surface area (Å²) >= 11 is 0. The van der Waals surface area contributed by atoms with Crippen LogP contribution in [-0.4, -0.2) is 20.3 Å². The Hall–Kier alpha value is -2.38. The van der Waals surface area contributed by atoms with E-state index in [-0.39, 0.29) is 5.57 Å². The first kappa shape index (κ1) is 16.7. The molecule has 0 fully saturated rings. The van der Waals surface area contributed by atoms with Gasteiger partial charge in [0.1, 0.15) is 19.7 Å². The summed E-state index contributed by atoms with van der Waals surface area (Å²) in [5, 5.41) is 9.02. The van der Waals surface area contributed by atoms with E-state index in [0.29, 0.717) is 6.23 Å². The molecule has 1 aromatic rings. The molecule has 0 amide bonds. The SMILES string of the molecule is C=C[Si](C)(C)COC(=O)C(C#N)=CC=Cc1ccccc1. The average molecular weight is 297 g/mol. The molecule has 3 nitrogen and oxygen atoms in total. The standard InChI is InChI=1S/C17H19NO2Si/c1-4-21(2,3)14-20-17(19)16(13-18)12-8-11-15-9-6-5-7-10-15/h4-12H,1,14H2,2-3H3. The highest BCUT2D eigenvalue weighted by molar-refractivity contribution is 6.82. The number of ether oxygens (including phenoxy) is 1. The van der Waals surface area contributed by atoms with Crippen LogP contribution in [0.5, 0.6) is 0 Å². The van der Waals surface area contributed by atoms with E-state index < -0.39 is 14.0 Å². The van der Waals surface area contributed by atoms with Crippen LogP contribution in [0.4, 0.5) is 0 Å². The Kier molecular flexibility index (Phi) is 6.37. The maximum absolute atomic E-state index is 11.8. The largest absolute Gasteiger partial charge is 0.465 e. The van der Waals surface area contributed by atoms with Crippen molar-refractivity contribution in [2.75, 3.05) is 6.23 Å². The Morgan fingerprint density at radius 1 is 1.38 bits per heavy atom. The summed E-state index contributed by atoms with van der Waals surface area (Å²) in [5.74, 6) is -0.586. The normalized spacial score (nSPS) is 12.0. The molecule has 0 aromatic heterocycles. The number of carbonyl (C=O) groups is 1. The van der Waals surface area contributed by atoms with Gasteiger partial charge in [-0.05, 0) is 11.6 Å². The van der Waals surface area contributed by atoms with Crippen LogP contribution in [0.2, 0.25) is 13.1 Å². The number of hydrogen-bond acceptors (Lipinski definition) is 3. The molecule has 0 N–H and O–H groups in total. The third kappa shape index (κ3) is 6.06. The number of benzene rings is 1. The maximum Gasteiger partial charge on any atom is 0.348 e. The molecule has 0 radical (unpaired) electrons. The lowest BCUT2D eigenvalue weighted by molar-refractivity contribution is -0.136. The van der Waals surface area contributed by atoms with Crippen LogP contribution in [0.25, 0.3) is 6.08 Å². The number of allylic oxidation sites excluding steroid dienone is 2. The lowest BCUT2D eigenvalue weighted by atomic mass is 10.2. The van der Waals surface area contributed by atoms with E-state index in [1.165, 1.54) is 6.08 Å². The molecule has 0 saturated carbocycles. The lowest BCUT2D eigenvalue weighted by Gasteiger charge is -2.16. The molecule has 0 aliphatic rings. The molecule has 108 valence electrons. The predicted octanol–water partition coefficient (Wildman–Crippen LogP) is 3.67. The van der Waals surface area contributed by atoms with E-state index >= 15 is 0 Å². The summed E-state index contributed by atoms with van der Waals surface area (Å²) in [6, 6.07) is 11.5. The number of carbonyl (C=O) groups excluding carboxylic acids is 1. The van der Waals surface area contributed by atoms with Gasteiger partial charge in [-0.2, -0.15) is 5.26 Å². The summed E-state index contributed by atoms with van der Waals surface area (Å²) in [6.07, 6.45) is 5.30. The number of nitrogens with zero attached hydrogens (tertiary/aromatic N) is 1. The van der Waals surface area contributed by atoms with Crippen LogP contribution in [0, 0.1) is 11.3 Å². The molecule has 0 atom stereocenters. The van der Waals surface area contributed by atoms with E-state index in [9.17, 15) is 4.79 Å². The first-order chi connectivity index (χ1) is 9.98. The van der Waals surface area contributed by atoms with Crippen LogP contribution < -0.4 is 0 Å². The Morgan fingerprint density at radius 3 is 2.62 bits per heavy atom. The lowest BCUT2D eigenvalue weighted by Crippen LogP contribution is -2.32. The number of nitriles is 1. The van der Waals surface area contributed by atoms with E-state index in [1.54, 1.807) is 6.08 Å². The first-order valence-corrected chi connectivity index (χ1v) is 9.91. The molecule has 0 bridgehead atoms. The van der Waals surface area contributed by atoms with Gasteiger partial charge in [0.2, 0.25) is 0 Å². The molecule has 1 rings (SSSR count). The number of hydrogen-bond donors (Lipinski definition) is 0. The van der Waals surface area contributed by atoms with Crippen LogP contribution >= 0.6 is 0 Å². The van der Waals surface area contributed by atoms with Gasteiger partial charge in [-0.1, -0.05) is 61.3 Å². The van der Waals surface area contributed by atoms with Crippen molar-refractivity contribution in [1.82, 2.24) is 0 Å². The molecule has 1 aromatic carbocycles. The van der Waals surface area contributed by atoms with E-state index in [2.05, 4.69) is 6.58 Å². The minimum atomic E-state index is -1.72. The van der Waals surface area contributed by atoms with Crippen molar-refractivity contribution in [2.24, 2.45) is 0 Å². The Morgan fingerprint density at radius 2 is 2.05 bits per heavy atom. The van der Waals surface area contributed by atoms with Crippen LogP contribution in [0.1, 0.15) is 5.56 Å². The van der Waals surface area contributed by atoms with Gasteiger partial charge in [0.15, 0.2) is 0 Å². The van der Waals surface area contributed by atoms with Crippen molar-refractivity contribution in [3.8, 4) is 6.07 Å². The molecule has 0 aliphatic carbocycles. The second kappa shape index (κ2) is 8.03. The average Bonchev–Trinajstić information content (AvgIpc) is 2.50. The summed E-state index contributed by atoms with van der Waals surface area (Å²) in [4.78, 5) is 11.8. The van der Waals surface area contributed by atoms with Gasteiger partial charge in [-0.3, -0.25) is 0 Å². The van der Waals surface area contributed by atoms with E-state index in [1.807, 2.05) is 61.3 Å². The van der Waals surface area contributed by atoms with Gasteiger partial charge in [0.05, 0.1) is 6.23 Å². The smallest absolute Gasteiger partial charge is 0.348 e. The van der Waals surface area contributed by atoms with Gasteiger partial charge in [0, 0.05) is 0 Å². The Labute approximate surface area is 126 Å². The fourth-order valence-corrected chi connectivity index (χ4v) is 1.98. The zero-order valence-corrected chi connectivity index (χ0v) is 13.4. The molecule has 0 unspecified atom stereocenters. The van der Waals surface area contributed by atoms with E-state index in [0.717, 1.165) is 5.56 Å². The fourth-order valence-electron chi connectivity index (χ4n) is 1.36. The van der Waals surface area contributed by atoms with Crippen molar-refractivity contribution < 1.29 is 9.53 Å². The van der Waals surface area contributed by atoms with Gasteiger partial charge >= 0.3 is 5.97 Å². The number of rotatable bonds is 6. The molecule has 21 heavy (non-hydrogen) atoms. The summed E-state index contributed by atoms with van der Waals surface area (Å²) in [5.41, 5.74) is 2.85. The Balaban J connectivity index is 2.68. The van der Waals surface area contributed by atoms with Crippen molar-refractivity contribution in [1.29, 1.82) is 5.26 Å². The van der Waals surface area contributed by atoms with Crippen LogP contribution in [-0.2, 0) is 9.53 Å². The second-order valence-corrected chi connectivity index (χ2v) is 9.90. The van der Waals surface area contributed by atoms with Crippen LogP contribution in [0.3, 0.4) is 0 Å². The fraction of sp³-hybridized carbons (Fsp3) is 0.176. The van der Waals surface area contributed by atoms with Gasteiger partial charge in [0.25, 0.3) is 0 Å². The third-order valence-electron chi connectivity index (χ3n) is 2.82. The maximum atomic E-state index is 11.8. The molecule has 0 heterocycles. The molecule has 0 aliphatic heterocycles. The monoisotopic (exact) mass is 297 g/mol.